The summed E-state index contributed by atoms with van der Waals surface area (Å²) in [7, 11) is 3.06. The van der Waals surface area contributed by atoms with E-state index in [2.05, 4.69) is 14.7 Å². The molecule has 0 saturated heterocycles. The lowest BCUT2D eigenvalue weighted by atomic mass is 10.1. The zero-order valence-corrected chi connectivity index (χ0v) is 20.7. The maximum Gasteiger partial charge on any atom is 0.416 e. The molecule has 0 saturated carbocycles. The van der Waals surface area contributed by atoms with Gasteiger partial charge in [-0.1, -0.05) is 24.3 Å². The Kier molecular flexibility index (Phi) is 7.92. The van der Waals surface area contributed by atoms with Crippen molar-refractivity contribution in [3.63, 3.8) is 0 Å². The normalized spacial score (nSPS) is 11.2. The van der Waals surface area contributed by atoms with Gasteiger partial charge in [0.05, 0.1) is 19.8 Å². The van der Waals surface area contributed by atoms with Gasteiger partial charge in [0.15, 0.2) is 17.3 Å². The third-order valence-electron chi connectivity index (χ3n) is 5.28. The van der Waals surface area contributed by atoms with E-state index in [0.717, 1.165) is 35.0 Å². The molecule has 1 N–H and O–H groups in total. The monoisotopic (exact) mass is 529 g/mol. The fourth-order valence-electron chi connectivity index (χ4n) is 3.45. The van der Waals surface area contributed by atoms with Crippen molar-refractivity contribution in [1.29, 1.82) is 0 Å². The van der Waals surface area contributed by atoms with E-state index < -0.39 is 17.6 Å². The van der Waals surface area contributed by atoms with Crippen LogP contribution in [0.5, 0.6) is 22.4 Å². The van der Waals surface area contributed by atoms with E-state index in [1.54, 1.807) is 13.2 Å². The molecule has 1 heterocycles. The molecule has 1 aromatic heterocycles. The number of nitrogens with one attached hydrogen (secondary N) is 1. The van der Waals surface area contributed by atoms with E-state index >= 15 is 0 Å². The molecule has 0 atom stereocenters. The summed E-state index contributed by atoms with van der Waals surface area (Å²) in [6.07, 6.45) is -3.98. The van der Waals surface area contributed by atoms with Gasteiger partial charge < -0.3 is 19.5 Å². The number of ether oxygens (including phenoxy) is 3. The highest BCUT2D eigenvalue weighted by Crippen LogP contribution is 2.34. The van der Waals surface area contributed by atoms with Crippen LogP contribution in [-0.2, 0) is 19.1 Å². The summed E-state index contributed by atoms with van der Waals surface area (Å²) in [6.45, 7) is -0.0744. The summed E-state index contributed by atoms with van der Waals surface area (Å²) in [5.41, 5.74) is 0.761. The smallest absolute Gasteiger partial charge is 0.416 e. The second kappa shape index (κ2) is 11.3. The number of benzene rings is 3. The summed E-state index contributed by atoms with van der Waals surface area (Å²) >= 11 is 1.06. The summed E-state index contributed by atoms with van der Waals surface area (Å²) in [4.78, 5) is 17.1. The predicted molar refractivity (Wildman–Crippen MR) is 131 cm³/mol. The highest BCUT2D eigenvalue weighted by Gasteiger charge is 2.30. The molecule has 1 amide bonds. The first kappa shape index (κ1) is 26.0. The van der Waals surface area contributed by atoms with Crippen molar-refractivity contribution in [1.82, 2.24) is 14.7 Å². The van der Waals surface area contributed by atoms with Crippen LogP contribution in [-0.4, -0.2) is 29.5 Å². The Morgan fingerprint density at radius 1 is 0.946 bits per heavy atom. The van der Waals surface area contributed by atoms with Gasteiger partial charge in [0.1, 0.15) is 5.75 Å². The molecule has 4 rings (SSSR count). The number of amides is 1. The first-order chi connectivity index (χ1) is 17.7. The molecule has 37 heavy (non-hydrogen) atoms. The second-order valence-electron chi connectivity index (χ2n) is 7.85. The molecule has 0 aliphatic heterocycles. The average Bonchev–Trinajstić information content (AvgIpc) is 3.33. The minimum atomic E-state index is -4.46. The number of hydrogen-bond acceptors (Lipinski definition) is 7. The Bertz CT molecular complexity index is 1390. The van der Waals surface area contributed by atoms with E-state index in [4.69, 9.17) is 14.2 Å². The Hall–Kier alpha value is -4.12. The summed E-state index contributed by atoms with van der Waals surface area (Å²) in [6, 6.07) is 16.9. The number of alkyl halides is 3. The molecule has 0 unspecified atom stereocenters. The first-order valence-electron chi connectivity index (χ1n) is 11.0. The van der Waals surface area contributed by atoms with Crippen LogP contribution in [0.1, 0.15) is 32.9 Å². The third-order valence-corrected chi connectivity index (χ3v) is 5.91. The summed E-state index contributed by atoms with van der Waals surface area (Å²) in [5.74, 6) is 1.43. The molecule has 11 heteroatoms. The lowest BCUT2D eigenvalue weighted by Gasteiger charge is -2.11. The van der Waals surface area contributed by atoms with Gasteiger partial charge in [-0.15, -0.1) is 0 Å². The van der Waals surface area contributed by atoms with Crippen molar-refractivity contribution in [3.8, 4) is 22.4 Å². The van der Waals surface area contributed by atoms with Crippen LogP contribution in [0.2, 0.25) is 0 Å². The average molecular weight is 530 g/mol. The number of halogens is 3. The number of hydrogen-bond donors (Lipinski definition) is 1. The Morgan fingerprint density at radius 3 is 2.49 bits per heavy atom. The largest absolute Gasteiger partial charge is 0.497 e. The fraction of sp³-hybridized carbons (Fsp3) is 0.192. The van der Waals surface area contributed by atoms with Crippen molar-refractivity contribution in [3.05, 3.63) is 94.8 Å². The minimum absolute atomic E-state index is 0.0744. The number of carbonyl (C=O) groups is 1. The van der Waals surface area contributed by atoms with E-state index in [9.17, 15) is 18.0 Å². The van der Waals surface area contributed by atoms with Crippen LogP contribution in [0.15, 0.2) is 66.7 Å². The zero-order chi connectivity index (χ0) is 26.4. The molecule has 4 aromatic rings. The molecule has 0 spiro atoms. The van der Waals surface area contributed by atoms with Gasteiger partial charge in [-0.3, -0.25) is 4.79 Å². The van der Waals surface area contributed by atoms with Crippen molar-refractivity contribution in [2.75, 3.05) is 14.2 Å². The molecule has 0 aliphatic carbocycles. The van der Waals surface area contributed by atoms with Crippen LogP contribution in [0.3, 0.4) is 0 Å². The number of methoxy groups -OCH3 is 2. The molecule has 0 aliphatic rings. The topological polar surface area (TPSA) is 82.6 Å². The SMILES string of the molecule is COc1cccc(Cc2nsc(Oc3cc(C(=O)NCc4cccc(C(F)(F)F)c4)ccc3OC)n2)c1. The summed E-state index contributed by atoms with van der Waals surface area (Å²) < 4.78 is 59.6. The Morgan fingerprint density at radius 2 is 1.73 bits per heavy atom. The molecular formula is C26H22F3N3O4S. The van der Waals surface area contributed by atoms with Gasteiger partial charge in [0, 0.05) is 30.1 Å². The zero-order valence-electron chi connectivity index (χ0n) is 19.8. The lowest BCUT2D eigenvalue weighted by Crippen LogP contribution is -2.23. The number of aromatic nitrogens is 2. The molecule has 0 radical (unpaired) electrons. The van der Waals surface area contributed by atoms with Gasteiger partial charge in [0.25, 0.3) is 11.1 Å². The second-order valence-corrected chi connectivity index (χ2v) is 8.57. The van der Waals surface area contributed by atoms with Crippen LogP contribution in [0.4, 0.5) is 13.2 Å². The van der Waals surface area contributed by atoms with Crippen LogP contribution >= 0.6 is 11.5 Å². The quantitative estimate of drug-likeness (QED) is 0.291. The van der Waals surface area contributed by atoms with Crippen molar-refractivity contribution in [2.45, 2.75) is 19.1 Å². The molecule has 0 bridgehead atoms. The standard InChI is InChI=1S/C26H22F3N3O4S/c1-34-20-8-4-5-16(12-20)13-23-31-25(37-32-23)36-22-14-18(9-10-21(22)35-2)24(33)30-15-17-6-3-7-19(11-17)26(27,28)29/h3-12,14H,13,15H2,1-2H3,(H,30,33). The van der Waals surface area contributed by atoms with Crippen LogP contribution < -0.4 is 19.5 Å². The van der Waals surface area contributed by atoms with Gasteiger partial charge >= 0.3 is 6.18 Å². The molecule has 0 fully saturated rings. The molecular weight excluding hydrogens is 507 g/mol. The Balaban J connectivity index is 1.44. The molecule has 3 aromatic carbocycles. The van der Waals surface area contributed by atoms with Crippen molar-refractivity contribution < 1.29 is 32.2 Å². The maximum atomic E-state index is 12.9. The highest BCUT2D eigenvalue weighted by molar-refractivity contribution is 7.07. The van der Waals surface area contributed by atoms with E-state index in [1.807, 2.05) is 24.3 Å². The van der Waals surface area contributed by atoms with E-state index in [-0.39, 0.29) is 23.1 Å². The first-order valence-corrected chi connectivity index (χ1v) is 11.8. The fourth-order valence-corrected chi connectivity index (χ4v) is 4.01. The molecule has 192 valence electrons. The van der Waals surface area contributed by atoms with Gasteiger partial charge in [0.2, 0.25) is 0 Å². The highest BCUT2D eigenvalue weighted by atomic mass is 32.1. The van der Waals surface area contributed by atoms with Crippen molar-refractivity contribution >= 4 is 17.4 Å². The van der Waals surface area contributed by atoms with Gasteiger partial charge in [-0.2, -0.15) is 22.5 Å². The Labute approximate surface area is 215 Å². The third kappa shape index (κ3) is 6.76. The van der Waals surface area contributed by atoms with Gasteiger partial charge in [-0.05, 0) is 53.6 Å². The van der Waals surface area contributed by atoms with E-state index in [0.29, 0.717) is 23.6 Å². The summed E-state index contributed by atoms with van der Waals surface area (Å²) in [5, 5.41) is 2.89. The number of rotatable bonds is 9. The maximum absolute atomic E-state index is 12.9. The van der Waals surface area contributed by atoms with Crippen LogP contribution in [0.25, 0.3) is 0 Å². The van der Waals surface area contributed by atoms with Crippen LogP contribution in [0, 0.1) is 0 Å². The van der Waals surface area contributed by atoms with E-state index in [1.165, 1.54) is 31.4 Å². The predicted octanol–water partition coefficient (Wildman–Crippen LogP) is 5.89. The van der Waals surface area contributed by atoms with Gasteiger partial charge in [-0.25, -0.2) is 0 Å². The minimum Gasteiger partial charge on any atom is -0.497 e. The number of nitrogens with zero attached hydrogens (tertiary/aromatic N) is 2. The lowest BCUT2D eigenvalue weighted by molar-refractivity contribution is -0.137. The number of carbonyl (C=O) groups excluding carboxylic acids is 1. The molecule has 7 nitrogen and oxygen atoms in total. The van der Waals surface area contributed by atoms with Crippen molar-refractivity contribution in [2.24, 2.45) is 0 Å².